The van der Waals surface area contributed by atoms with E-state index in [-0.39, 0.29) is 11.8 Å². The minimum Gasteiger partial charge on any atom is -0.481 e. The Hall–Kier alpha value is -1.10. The van der Waals surface area contributed by atoms with Gasteiger partial charge in [0.1, 0.15) is 5.54 Å². The lowest BCUT2D eigenvalue weighted by Gasteiger charge is -2.32. The predicted molar refractivity (Wildman–Crippen MR) is 46.5 cm³/mol. The molecule has 5 heteroatoms. The van der Waals surface area contributed by atoms with Crippen molar-refractivity contribution in [2.45, 2.75) is 24.8 Å². The van der Waals surface area contributed by atoms with Gasteiger partial charge in [0.2, 0.25) is 0 Å². The second-order valence-corrected chi connectivity index (χ2v) is 4.44. The summed E-state index contributed by atoms with van der Waals surface area (Å²) in [7, 11) is 0. The second-order valence-electron chi connectivity index (χ2n) is 4.44. The zero-order valence-corrected chi connectivity index (χ0v) is 7.64. The summed E-state index contributed by atoms with van der Waals surface area (Å²) in [5.74, 6) is -2.73. The Morgan fingerprint density at radius 2 is 1.93 bits per heavy atom. The highest BCUT2D eigenvalue weighted by atomic mass is 16.4. The van der Waals surface area contributed by atoms with E-state index in [9.17, 15) is 9.59 Å². The van der Waals surface area contributed by atoms with E-state index in [4.69, 9.17) is 15.9 Å². The van der Waals surface area contributed by atoms with E-state index >= 15 is 0 Å². The van der Waals surface area contributed by atoms with Gasteiger partial charge in [-0.15, -0.1) is 0 Å². The van der Waals surface area contributed by atoms with Gasteiger partial charge in [0.05, 0.1) is 5.92 Å². The number of hydrogen-bond acceptors (Lipinski definition) is 3. The second kappa shape index (κ2) is 2.70. The molecule has 0 saturated heterocycles. The van der Waals surface area contributed by atoms with Crippen LogP contribution in [0.5, 0.6) is 0 Å². The van der Waals surface area contributed by atoms with Crippen LogP contribution in [0.1, 0.15) is 19.3 Å². The summed E-state index contributed by atoms with van der Waals surface area (Å²) < 4.78 is 0. The van der Waals surface area contributed by atoms with E-state index < -0.39 is 23.4 Å². The smallest absolute Gasteiger partial charge is 0.324 e. The molecule has 78 valence electrons. The largest absolute Gasteiger partial charge is 0.481 e. The molecule has 2 saturated carbocycles. The summed E-state index contributed by atoms with van der Waals surface area (Å²) in [6.07, 6.45) is 1.67. The molecular formula is C9H13NO4. The zero-order chi connectivity index (χ0) is 10.5. The Morgan fingerprint density at radius 1 is 1.29 bits per heavy atom. The predicted octanol–water partition coefficient (Wildman–Crippen LogP) is -0.101. The Morgan fingerprint density at radius 3 is 2.36 bits per heavy atom. The Kier molecular flexibility index (Phi) is 1.82. The average molecular weight is 199 g/mol. The molecule has 0 aromatic carbocycles. The van der Waals surface area contributed by atoms with Crippen molar-refractivity contribution in [2.24, 2.45) is 23.5 Å². The van der Waals surface area contributed by atoms with Gasteiger partial charge in [-0.3, -0.25) is 9.59 Å². The van der Waals surface area contributed by atoms with Crippen LogP contribution in [0.4, 0.5) is 0 Å². The van der Waals surface area contributed by atoms with Crippen LogP contribution in [0.15, 0.2) is 0 Å². The van der Waals surface area contributed by atoms with Gasteiger partial charge in [-0.25, -0.2) is 0 Å². The first kappa shape index (κ1) is 9.45. The van der Waals surface area contributed by atoms with Gasteiger partial charge in [-0.1, -0.05) is 0 Å². The fraction of sp³-hybridized carbons (Fsp3) is 0.778. The molecule has 0 heterocycles. The minimum absolute atomic E-state index is 0.183. The molecule has 4 unspecified atom stereocenters. The van der Waals surface area contributed by atoms with Crippen molar-refractivity contribution >= 4 is 11.9 Å². The van der Waals surface area contributed by atoms with Gasteiger partial charge >= 0.3 is 11.9 Å². The topological polar surface area (TPSA) is 101 Å². The van der Waals surface area contributed by atoms with Crippen molar-refractivity contribution in [3.8, 4) is 0 Å². The SMILES string of the molecule is NC1(C(=O)O)CC2CC(C(=O)O)C1C2. The fourth-order valence-corrected chi connectivity index (χ4v) is 3.03. The molecule has 4 atom stereocenters. The molecular weight excluding hydrogens is 186 g/mol. The summed E-state index contributed by atoms with van der Waals surface area (Å²) in [5, 5.41) is 17.9. The normalized spacial score (nSPS) is 45.4. The average Bonchev–Trinajstić information content (AvgIpc) is 2.60. The van der Waals surface area contributed by atoms with Gasteiger partial charge in [-0.2, -0.15) is 0 Å². The highest BCUT2D eigenvalue weighted by Gasteiger charge is 2.59. The Labute approximate surface area is 80.9 Å². The molecule has 5 nitrogen and oxygen atoms in total. The number of hydrogen-bond donors (Lipinski definition) is 3. The third kappa shape index (κ3) is 1.05. The van der Waals surface area contributed by atoms with E-state index in [2.05, 4.69) is 0 Å². The van der Waals surface area contributed by atoms with E-state index in [1.165, 1.54) is 0 Å². The molecule has 0 aromatic rings. The zero-order valence-electron chi connectivity index (χ0n) is 7.64. The quantitative estimate of drug-likeness (QED) is 0.576. The Balaban J connectivity index is 2.27. The molecule has 2 bridgehead atoms. The van der Waals surface area contributed by atoms with Crippen LogP contribution < -0.4 is 5.73 Å². The number of carboxylic acid groups (broad SMARTS) is 2. The van der Waals surface area contributed by atoms with Crippen molar-refractivity contribution in [3.05, 3.63) is 0 Å². The van der Waals surface area contributed by atoms with Crippen molar-refractivity contribution in [1.82, 2.24) is 0 Å². The summed E-state index contributed by atoms with van der Waals surface area (Å²) in [6, 6.07) is 0. The van der Waals surface area contributed by atoms with E-state index in [0.717, 1.165) is 0 Å². The van der Waals surface area contributed by atoms with Crippen LogP contribution in [0.3, 0.4) is 0 Å². The van der Waals surface area contributed by atoms with Crippen LogP contribution in [0, 0.1) is 17.8 Å². The van der Waals surface area contributed by atoms with Crippen molar-refractivity contribution in [2.75, 3.05) is 0 Å². The minimum atomic E-state index is -1.30. The van der Waals surface area contributed by atoms with Crippen LogP contribution in [0.2, 0.25) is 0 Å². The molecule has 0 amide bonds. The molecule has 2 aliphatic rings. The van der Waals surface area contributed by atoms with Gasteiger partial charge in [-0.05, 0) is 25.2 Å². The Bertz CT molecular complexity index is 303. The summed E-state index contributed by atoms with van der Waals surface area (Å²) >= 11 is 0. The molecule has 14 heavy (non-hydrogen) atoms. The van der Waals surface area contributed by atoms with Crippen molar-refractivity contribution in [1.29, 1.82) is 0 Å². The van der Waals surface area contributed by atoms with Crippen LogP contribution in [0.25, 0.3) is 0 Å². The van der Waals surface area contributed by atoms with E-state index in [0.29, 0.717) is 19.3 Å². The summed E-state index contributed by atoms with van der Waals surface area (Å²) in [6.45, 7) is 0. The van der Waals surface area contributed by atoms with Gasteiger partial charge in [0.15, 0.2) is 0 Å². The molecule has 0 radical (unpaired) electrons. The number of carboxylic acids is 2. The van der Waals surface area contributed by atoms with Gasteiger partial charge in [0, 0.05) is 5.92 Å². The lowest BCUT2D eigenvalue weighted by atomic mass is 9.75. The fourth-order valence-electron chi connectivity index (χ4n) is 3.03. The van der Waals surface area contributed by atoms with Crippen molar-refractivity contribution in [3.63, 3.8) is 0 Å². The standard InChI is InChI=1S/C9H13NO4/c10-9(8(13)14)3-4-1-5(7(11)12)6(9)2-4/h4-6H,1-3,10H2,(H,11,12)(H,13,14). The third-order valence-electron chi connectivity index (χ3n) is 3.66. The first-order valence-corrected chi connectivity index (χ1v) is 4.70. The molecule has 2 rings (SSSR count). The molecule has 0 aromatic heterocycles. The highest BCUT2D eigenvalue weighted by Crippen LogP contribution is 2.53. The number of carbonyl (C=O) groups is 2. The first-order chi connectivity index (χ1) is 6.45. The van der Waals surface area contributed by atoms with Crippen LogP contribution in [-0.2, 0) is 9.59 Å². The highest BCUT2D eigenvalue weighted by molar-refractivity contribution is 5.82. The van der Waals surface area contributed by atoms with E-state index in [1.54, 1.807) is 0 Å². The van der Waals surface area contributed by atoms with Crippen molar-refractivity contribution < 1.29 is 19.8 Å². The monoisotopic (exact) mass is 199 g/mol. The lowest BCUT2D eigenvalue weighted by molar-refractivity contribution is -0.151. The molecule has 4 N–H and O–H groups in total. The number of rotatable bonds is 2. The maximum absolute atomic E-state index is 11.0. The maximum Gasteiger partial charge on any atom is 0.324 e. The summed E-state index contributed by atoms with van der Waals surface area (Å²) in [5.41, 5.74) is 4.45. The maximum atomic E-state index is 11.0. The molecule has 2 fully saturated rings. The van der Waals surface area contributed by atoms with E-state index in [1.807, 2.05) is 0 Å². The third-order valence-corrected chi connectivity index (χ3v) is 3.66. The molecule has 0 aliphatic heterocycles. The van der Waals surface area contributed by atoms with Crippen LogP contribution >= 0.6 is 0 Å². The molecule has 0 spiro atoms. The lowest BCUT2D eigenvalue weighted by Crippen LogP contribution is -2.55. The number of fused-ring (bicyclic) bond motifs is 2. The first-order valence-electron chi connectivity index (χ1n) is 4.70. The van der Waals surface area contributed by atoms with Crippen LogP contribution in [-0.4, -0.2) is 27.7 Å². The number of nitrogens with two attached hydrogens (primary N) is 1. The van der Waals surface area contributed by atoms with Gasteiger partial charge < -0.3 is 15.9 Å². The molecule has 2 aliphatic carbocycles. The summed E-state index contributed by atoms with van der Waals surface area (Å²) in [4.78, 5) is 21.8. The van der Waals surface area contributed by atoms with Gasteiger partial charge in [0.25, 0.3) is 0 Å². The number of aliphatic carboxylic acids is 2.